The first kappa shape index (κ1) is 10.4. The quantitative estimate of drug-likeness (QED) is 0.732. The van der Waals surface area contributed by atoms with Crippen LogP contribution in [0.2, 0.25) is 0 Å². The summed E-state index contributed by atoms with van der Waals surface area (Å²) in [6.45, 7) is 4.59. The first-order valence-electron chi connectivity index (χ1n) is 5.83. The van der Waals surface area contributed by atoms with Gasteiger partial charge in [0.2, 0.25) is 0 Å². The van der Waals surface area contributed by atoms with Gasteiger partial charge in [0, 0.05) is 26.3 Å². The van der Waals surface area contributed by atoms with Crippen LogP contribution >= 0.6 is 0 Å². The van der Waals surface area contributed by atoms with E-state index in [0.29, 0.717) is 18.6 Å². The van der Waals surface area contributed by atoms with E-state index in [1.165, 1.54) is 19.3 Å². The van der Waals surface area contributed by atoms with Crippen molar-refractivity contribution >= 4 is 0 Å². The number of aliphatic hydroxyl groups excluding tert-OH is 1. The van der Waals surface area contributed by atoms with Gasteiger partial charge in [0.25, 0.3) is 0 Å². The molecule has 0 aromatic heterocycles. The average Bonchev–Trinajstić information content (AvgIpc) is 2.67. The van der Waals surface area contributed by atoms with Gasteiger partial charge in [-0.2, -0.15) is 0 Å². The molecule has 0 amide bonds. The van der Waals surface area contributed by atoms with Gasteiger partial charge in [-0.3, -0.25) is 0 Å². The van der Waals surface area contributed by atoms with Crippen molar-refractivity contribution in [3.63, 3.8) is 0 Å². The Bertz CT molecular complexity index is 169. The molecule has 1 N–H and O–H groups in total. The molecule has 14 heavy (non-hydrogen) atoms. The lowest BCUT2D eigenvalue weighted by Gasteiger charge is -2.27. The van der Waals surface area contributed by atoms with E-state index < -0.39 is 0 Å². The molecule has 0 aromatic rings. The molecule has 2 aliphatic heterocycles. The van der Waals surface area contributed by atoms with Crippen LogP contribution in [-0.2, 0) is 4.74 Å². The Morgan fingerprint density at radius 2 is 2.21 bits per heavy atom. The van der Waals surface area contributed by atoms with Crippen LogP contribution in [0, 0.1) is 5.92 Å². The van der Waals surface area contributed by atoms with Crippen molar-refractivity contribution in [2.75, 3.05) is 32.8 Å². The summed E-state index contributed by atoms with van der Waals surface area (Å²) in [6, 6.07) is 0. The molecule has 0 spiro atoms. The monoisotopic (exact) mass is 199 g/mol. The molecule has 2 saturated heterocycles. The van der Waals surface area contributed by atoms with Crippen LogP contribution in [0.3, 0.4) is 0 Å². The molecule has 2 atom stereocenters. The van der Waals surface area contributed by atoms with Crippen molar-refractivity contribution < 1.29 is 9.84 Å². The van der Waals surface area contributed by atoms with Gasteiger partial charge in [-0.15, -0.1) is 0 Å². The molecule has 0 bridgehead atoms. The molecule has 0 saturated carbocycles. The van der Waals surface area contributed by atoms with Crippen LogP contribution in [0.1, 0.15) is 25.7 Å². The summed E-state index contributed by atoms with van der Waals surface area (Å²) in [5.74, 6) is 0.513. The van der Waals surface area contributed by atoms with Gasteiger partial charge in [0.15, 0.2) is 0 Å². The highest BCUT2D eigenvalue weighted by Gasteiger charge is 2.25. The van der Waals surface area contributed by atoms with Crippen LogP contribution in [0.25, 0.3) is 0 Å². The molecule has 2 fully saturated rings. The first-order chi connectivity index (χ1) is 6.88. The van der Waals surface area contributed by atoms with E-state index >= 15 is 0 Å². The number of likely N-dealkylation sites (tertiary alicyclic amines) is 1. The second-order valence-electron chi connectivity index (χ2n) is 4.59. The highest BCUT2D eigenvalue weighted by molar-refractivity contribution is 4.78. The highest BCUT2D eigenvalue weighted by atomic mass is 16.5. The highest BCUT2D eigenvalue weighted by Crippen LogP contribution is 2.19. The lowest BCUT2D eigenvalue weighted by Crippen LogP contribution is -2.34. The fraction of sp³-hybridized carbons (Fsp3) is 1.00. The number of rotatable bonds is 3. The Kier molecular flexibility index (Phi) is 3.79. The molecule has 0 aliphatic carbocycles. The van der Waals surface area contributed by atoms with Crippen molar-refractivity contribution in [2.45, 2.75) is 31.8 Å². The molecule has 2 heterocycles. The third-order valence-corrected chi connectivity index (χ3v) is 3.36. The molecule has 0 aromatic carbocycles. The third-order valence-electron chi connectivity index (χ3n) is 3.36. The molecule has 3 nitrogen and oxygen atoms in total. The fourth-order valence-electron chi connectivity index (χ4n) is 2.47. The first-order valence-corrected chi connectivity index (χ1v) is 5.83. The van der Waals surface area contributed by atoms with E-state index in [4.69, 9.17) is 9.84 Å². The largest absolute Gasteiger partial charge is 0.396 e. The Morgan fingerprint density at radius 3 is 2.86 bits per heavy atom. The maximum Gasteiger partial charge on any atom is 0.0702 e. The van der Waals surface area contributed by atoms with Crippen molar-refractivity contribution in [2.24, 2.45) is 5.92 Å². The van der Waals surface area contributed by atoms with Crippen LogP contribution in [0.5, 0.6) is 0 Å². The second kappa shape index (κ2) is 5.10. The van der Waals surface area contributed by atoms with Crippen LogP contribution in [-0.4, -0.2) is 49.0 Å². The zero-order valence-electron chi connectivity index (χ0n) is 8.82. The van der Waals surface area contributed by atoms with Gasteiger partial charge in [-0.25, -0.2) is 0 Å². The van der Waals surface area contributed by atoms with Crippen LogP contribution in [0.4, 0.5) is 0 Å². The maximum atomic E-state index is 9.03. The van der Waals surface area contributed by atoms with E-state index in [1.54, 1.807) is 0 Å². The van der Waals surface area contributed by atoms with E-state index in [1.807, 2.05) is 0 Å². The summed E-state index contributed by atoms with van der Waals surface area (Å²) in [4.78, 5) is 2.44. The summed E-state index contributed by atoms with van der Waals surface area (Å²) in [5.41, 5.74) is 0. The smallest absolute Gasteiger partial charge is 0.0702 e. The fourth-order valence-corrected chi connectivity index (χ4v) is 2.47. The standard InChI is InChI=1S/C11H21NO2/c13-9-10-4-5-12(7-10)8-11-3-1-2-6-14-11/h10-11,13H,1-9H2. The molecule has 3 heteroatoms. The summed E-state index contributed by atoms with van der Waals surface area (Å²) in [6.07, 6.45) is 5.39. The van der Waals surface area contributed by atoms with E-state index in [9.17, 15) is 0 Å². The molecule has 2 rings (SSSR count). The second-order valence-corrected chi connectivity index (χ2v) is 4.59. The molecular formula is C11H21NO2. The lowest BCUT2D eigenvalue weighted by molar-refractivity contribution is -0.00272. The molecule has 2 aliphatic rings. The van der Waals surface area contributed by atoms with Crippen molar-refractivity contribution in [1.29, 1.82) is 0 Å². The predicted octanol–water partition coefficient (Wildman–Crippen LogP) is 0.870. The maximum absolute atomic E-state index is 9.03. The van der Waals surface area contributed by atoms with Crippen molar-refractivity contribution in [1.82, 2.24) is 4.90 Å². The summed E-state index contributed by atoms with van der Waals surface area (Å²) < 4.78 is 5.70. The Labute approximate surface area is 86.0 Å². The van der Waals surface area contributed by atoms with E-state index in [-0.39, 0.29) is 0 Å². The SMILES string of the molecule is OCC1CCN(CC2CCCCO2)C1. The zero-order valence-corrected chi connectivity index (χ0v) is 8.82. The minimum absolute atomic E-state index is 0.349. The zero-order chi connectivity index (χ0) is 9.80. The minimum atomic E-state index is 0.349. The third kappa shape index (κ3) is 2.69. The number of nitrogens with zero attached hydrogens (tertiary/aromatic N) is 1. The molecule has 82 valence electrons. The summed E-state index contributed by atoms with van der Waals surface area (Å²) in [7, 11) is 0. The topological polar surface area (TPSA) is 32.7 Å². The van der Waals surface area contributed by atoms with Gasteiger partial charge in [-0.1, -0.05) is 0 Å². The Morgan fingerprint density at radius 1 is 1.29 bits per heavy atom. The van der Waals surface area contributed by atoms with E-state index in [0.717, 1.165) is 32.7 Å². The number of hydrogen-bond donors (Lipinski definition) is 1. The van der Waals surface area contributed by atoms with Gasteiger partial charge >= 0.3 is 0 Å². The van der Waals surface area contributed by atoms with Crippen molar-refractivity contribution in [3.05, 3.63) is 0 Å². The Hall–Kier alpha value is -0.120. The van der Waals surface area contributed by atoms with Gasteiger partial charge in [-0.05, 0) is 38.1 Å². The summed E-state index contributed by atoms with van der Waals surface area (Å²) in [5, 5.41) is 9.03. The number of ether oxygens (including phenoxy) is 1. The molecule has 2 unspecified atom stereocenters. The average molecular weight is 199 g/mol. The van der Waals surface area contributed by atoms with E-state index in [2.05, 4.69) is 4.90 Å². The van der Waals surface area contributed by atoms with Crippen molar-refractivity contribution in [3.8, 4) is 0 Å². The van der Waals surface area contributed by atoms with Crippen LogP contribution in [0.15, 0.2) is 0 Å². The van der Waals surface area contributed by atoms with Gasteiger partial charge in [0.05, 0.1) is 6.10 Å². The molecule has 0 radical (unpaired) electrons. The molecular weight excluding hydrogens is 178 g/mol. The Balaban J connectivity index is 1.69. The normalized spacial score (nSPS) is 34.9. The summed E-state index contributed by atoms with van der Waals surface area (Å²) >= 11 is 0. The minimum Gasteiger partial charge on any atom is -0.396 e. The number of hydrogen-bond acceptors (Lipinski definition) is 3. The van der Waals surface area contributed by atoms with Gasteiger partial charge < -0.3 is 14.7 Å². The lowest BCUT2D eigenvalue weighted by atomic mass is 10.1. The predicted molar refractivity (Wildman–Crippen MR) is 55.2 cm³/mol. The number of aliphatic hydroxyl groups is 1. The van der Waals surface area contributed by atoms with Crippen LogP contribution < -0.4 is 0 Å². The van der Waals surface area contributed by atoms with Gasteiger partial charge in [0.1, 0.15) is 0 Å².